The van der Waals surface area contributed by atoms with Gasteiger partial charge in [-0.15, -0.1) is 0 Å². The Morgan fingerprint density at radius 2 is 2.22 bits per heavy atom. The number of carbonyl (C=O) groups is 2. The van der Waals surface area contributed by atoms with Crippen molar-refractivity contribution in [3.63, 3.8) is 0 Å². The fourth-order valence-corrected chi connectivity index (χ4v) is 1.50. The van der Waals surface area contributed by atoms with Crippen molar-refractivity contribution >= 4 is 22.9 Å². The molecule has 2 aromatic rings. The lowest BCUT2D eigenvalue weighted by Gasteiger charge is -2.11. The lowest BCUT2D eigenvalue weighted by molar-refractivity contribution is -0.140. The van der Waals surface area contributed by atoms with Gasteiger partial charge in [0.05, 0.1) is 24.0 Å². The van der Waals surface area contributed by atoms with Gasteiger partial charge in [-0.3, -0.25) is 4.79 Å². The quantitative estimate of drug-likeness (QED) is 0.595. The largest absolute Gasteiger partial charge is 0.480 e. The number of hydrogen-bond acceptors (Lipinski definition) is 4. The van der Waals surface area contributed by atoms with Crippen LogP contribution in [-0.2, 0) is 4.79 Å². The number of carbonyl (C=O) groups excluding carboxylic acids is 1. The first kappa shape index (κ1) is 12.1. The number of imidazole rings is 1. The van der Waals surface area contributed by atoms with Crippen LogP contribution in [0.25, 0.3) is 11.0 Å². The summed E-state index contributed by atoms with van der Waals surface area (Å²) in [5.74, 6) is -1.85. The number of carboxylic acids is 1. The number of aliphatic hydroxyl groups is 1. The molecule has 0 bridgehead atoms. The van der Waals surface area contributed by atoms with Gasteiger partial charge in [0.25, 0.3) is 5.91 Å². The molecule has 4 N–H and O–H groups in total. The lowest BCUT2D eigenvalue weighted by Crippen LogP contribution is -2.43. The standard InChI is InChI=1S/C11H11N3O4/c15-4-9(11(17)18)14-10(16)6-1-2-7-8(3-6)13-5-12-7/h1-3,5,9,15H,4H2,(H,12,13)(H,14,16)(H,17,18)/t9-/m1/s1. The van der Waals surface area contributed by atoms with Gasteiger partial charge in [0.1, 0.15) is 0 Å². The van der Waals surface area contributed by atoms with Gasteiger partial charge < -0.3 is 20.5 Å². The molecule has 2 rings (SSSR count). The Morgan fingerprint density at radius 1 is 1.44 bits per heavy atom. The summed E-state index contributed by atoms with van der Waals surface area (Å²) in [7, 11) is 0. The van der Waals surface area contributed by atoms with Crippen LogP contribution < -0.4 is 5.32 Å². The van der Waals surface area contributed by atoms with Gasteiger partial charge in [0, 0.05) is 5.56 Å². The second-order valence-corrected chi connectivity index (χ2v) is 3.68. The molecule has 0 saturated heterocycles. The van der Waals surface area contributed by atoms with Gasteiger partial charge in [-0.05, 0) is 18.2 Å². The zero-order valence-electron chi connectivity index (χ0n) is 9.25. The van der Waals surface area contributed by atoms with Gasteiger partial charge in [-0.1, -0.05) is 0 Å². The summed E-state index contributed by atoms with van der Waals surface area (Å²) in [4.78, 5) is 29.3. The van der Waals surface area contributed by atoms with Crippen LogP contribution in [0.1, 0.15) is 10.4 Å². The molecule has 94 valence electrons. The van der Waals surface area contributed by atoms with E-state index in [4.69, 9.17) is 10.2 Å². The molecule has 0 spiro atoms. The SMILES string of the molecule is O=C(N[C@H](CO)C(=O)O)c1ccc2nc[nH]c2c1. The molecular formula is C11H11N3O4. The summed E-state index contributed by atoms with van der Waals surface area (Å²) in [6, 6.07) is 3.44. The van der Waals surface area contributed by atoms with Crippen LogP contribution in [0, 0.1) is 0 Å². The third-order valence-corrected chi connectivity index (χ3v) is 2.47. The average Bonchev–Trinajstić information content (AvgIpc) is 2.82. The zero-order chi connectivity index (χ0) is 13.1. The minimum atomic E-state index is -1.31. The van der Waals surface area contributed by atoms with Crippen LogP contribution in [0.3, 0.4) is 0 Å². The maximum absolute atomic E-state index is 11.8. The number of carboxylic acid groups (broad SMARTS) is 1. The molecule has 0 aliphatic carbocycles. The molecule has 0 fully saturated rings. The molecule has 1 aromatic carbocycles. The summed E-state index contributed by atoms with van der Waals surface area (Å²) in [5.41, 5.74) is 1.69. The number of aliphatic carboxylic acids is 1. The Morgan fingerprint density at radius 3 is 2.89 bits per heavy atom. The zero-order valence-corrected chi connectivity index (χ0v) is 9.25. The van der Waals surface area contributed by atoms with Crippen LogP contribution >= 0.6 is 0 Å². The monoisotopic (exact) mass is 249 g/mol. The first-order valence-corrected chi connectivity index (χ1v) is 5.19. The summed E-state index contributed by atoms with van der Waals surface area (Å²) < 4.78 is 0. The molecule has 0 radical (unpaired) electrons. The van der Waals surface area contributed by atoms with Gasteiger partial charge in [0.15, 0.2) is 6.04 Å². The van der Waals surface area contributed by atoms with Crippen molar-refractivity contribution in [3.8, 4) is 0 Å². The van der Waals surface area contributed by atoms with Crippen LogP contribution in [-0.4, -0.2) is 44.7 Å². The second-order valence-electron chi connectivity index (χ2n) is 3.68. The van der Waals surface area contributed by atoms with E-state index >= 15 is 0 Å². The third kappa shape index (κ3) is 2.30. The van der Waals surface area contributed by atoms with E-state index < -0.39 is 24.5 Å². The predicted molar refractivity (Wildman–Crippen MR) is 62.1 cm³/mol. The van der Waals surface area contributed by atoms with E-state index in [1.165, 1.54) is 12.4 Å². The number of rotatable bonds is 4. The molecule has 18 heavy (non-hydrogen) atoms. The molecule has 1 aromatic heterocycles. The maximum atomic E-state index is 11.8. The summed E-state index contributed by atoms with van der Waals surface area (Å²) >= 11 is 0. The topological polar surface area (TPSA) is 115 Å². The number of nitrogens with zero attached hydrogens (tertiary/aromatic N) is 1. The van der Waals surface area contributed by atoms with E-state index in [0.29, 0.717) is 16.6 Å². The molecular weight excluding hydrogens is 238 g/mol. The fraction of sp³-hybridized carbons (Fsp3) is 0.182. The number of aromatic nitrogens is 2. The van der Waals surface area contributed by atoms with Crippen LogP contribution in [0.4, 0.5) is 0 Å². The maximum Gasteiger partial charge on any atom is 0.328 e. The third-order valence-electron chi connectivity index (χ3n) is 2.47. The molecule has 7 heteroatoms. The van der Waals surface area contributed by atoms with Crippen molar-refractivity contribution in [2.24, 2.45) is 0 Å². The average molecular weight is 249 g/mol. The Labute approximate surface area is 101 Å². The van der Waals surface area contributed by atoms with Crippen molar-refractivity contribution in [2.75, 3.05) is 6.61 Å². The Hall–Kier alpha value is -2.41. The van der Waals surface area contributed by atoms with Crippen LogP contribution in [0.5, 0.6) is 0 Å². The van der Waals surface area contributed by atoms with E-state index in [0.717, 1.165) is 0 Å². The lowest BCUT2D eigenvalue weighted by atomic mass is 10.1. The van der Waals surface area contributed by atoms with E-state index in [2.05, 4.69) is 15.3 Å². The van der Waals surface area contributed by atoms with E-state index in [1.54, 1.807) is 12.1 Å². The molecule has 0 aliphatic rings. The highest BCUT2D eigenvalue weighted by atomic mass is 16.4. The molecule has 0 aliphatic heterocycles. The smallest absolute Gasteiger partial charge is 0.328 e. The van der Waals surface area contributed by atoms with Crippen molar-refractivity contribution < 1.29 is 19.8 Å². The normalized spacial score (nSPS) is 12.3. The number of H-pyrrole nitrogens is 1. The van der Waals surface area contributed by atoms with E-state index in [9.17, 15) is 9.59 Å². The molecule has 7 nitrogen and oxygen atoms in total. The Bertz CT molecular complexity index is 593. The van der Waals surface area contributed by atoms with Crippen molar-refractivity contribution in [3.05, 3.63) is 30.1 Å². The number of aromatic amines is 1. The minimum Gasteiger partial charge on any atom is -0.480 e. The first-order chi connectivity index (χ1) is 8.61. The molecule has 1 atom stereocenters. The molecule has 0 unspecified atom stereocenters. The van der Waals surface area contributed by atoms with Crippen molar-refractivity contribution in [2.45, 2.75) is 6.04 Å². The molecule has 0 saturated carbocycles. The van der Waals surface area contributed by atoms with Crippen LogP contribution in [0.2, 0.25) is 0 Å². The fourth-order valence-electron chi connectivity index (χ4n) is 1.50. The number of nitrogens with one attached hydrogen (secondary N) is 2. The van der Waals surface area contributed by atoms with Crippen molar-refractivity contribution in [1.29, 1.82) is 0 Å². The number of hydrogen-bond donors (Lipinski definition) is 4. The Balaban J connectivity index is 2.19. The number of aliphatic hydroxyl groups excluding tert-OH is 1. The molecule has 1 amide bonds. The van der Waals surface area contributed by atoms with Crippen LogP contribution in [0.15, 0.2) is 24.5 Å². The van der Waals surface area contributed by atoms with Gasteiger partial charge in [-0.2, -0.15) is 0 Å². The summed E-state index contributed by atoms with van der Waals surface area (Å²) in [5, 5.41) is 19.8. The highest BCUT2D eigenvalue weighted by Crippen LogP contribution is 2.11. The van der Waals surface area contributed by atoms with E-state index in [-0.39, 0.29) is 0 Å². The second kappa shape index (κ2) is 4.84. The number of fused-ring (bicyclic) bond motifs is 1. The van der Waals surface area contributed by atoms with Gasteiger partial charge in [0.2, 0.25) is 0 Å². The molecule has 1 heterocycles. The summed E-state index contributed by atoms with van der Waals surface area (Å²) in [6.45, 7) is -0.659. The van der Waals surface area contributed by atoms with Gasteiger partial charge >= 0.3 is 5.97 Å². The minimum absolute atomic E-state index is 0.298. The summed E-state index contributed by atoms with van der Waals surface area (Å²) in [6.07, 6.45) is 1.50. The Kier molecular flexibility index (Phi) is 3.24. The van der Waals surface area contributed by atoms with Gasteiger partial charge in [-0.25, -0.2) is 9.78 Å². The predicted octanol–water partition coefficient (Wildman–Crippen LogP) is -0.262. The highest BCUT2D eigenvalue weighted by molar-refractivity contribution is 5.99. The van der Waals surface area contributed by atoms with Crippen molar-refractivity contribution in [1.82, 2.24) is 15.3 Å². The first-order valence-electron chi connectivity index (χ1n) is 5.19. The van der Waals surface area contributed by atoms with E-state index in [1.807, 2.05) is 0 Å². The number of benzene rings is 1. The highest BCUT2D eigenvalue weighted by Gasteiger charge is 2.19. The number of amides is 1.